The van der Waals surface area contributed by atoms with Crippen molar-refractivity contribution in [3.63, 3.8) is 0 Å². The molecule has 0 saturated carbocycles. The van der Waals surface area contributed by atoms with Gasteiger partial charge >= 0.3 is 0 Å². The summed E-state index contributed by atoms with van der Waals surface area (Å²) in [5, 5.41) is 12.0. The predicted octanol–water partition coefficient (Wildman–Crippen LogP) is 4.13. The van der Waals surface area contributed by atoms with Crippen LogP contribution in [-0.2, 0) is 6.54 Å². The Morgan fingerprint density at radius 3 is 2.62 bits per heavy atom. The van der Waals surface area contributed by atoms with Crippen LogP contribution in [0.4, 0.5) is 11.6 Å². The third-order valence-corrected chi connectivity index (χ3v) is 6.23. The first-order valence-electron chi connectivity index (χ1n) is 10.8. The van der Waals surface area contributed by atoms with E-state index in [0.717, 1.165) is 37.2 Å². The van der Waals surface area contributed by atoms with E-state index < -0.39 is 0 Å². The molecular weight excluding hydrogens is 477 g/mol. The van der Waals surface area contributed by atoms with Gasteiger partial charge in [-0.3, -0.25) is 5.41 Å². The molecule has 0 spiro atoms. The maximum atomic E-state index is 8.52. The Kier molecular flexibility index (Phi) is 7.66. The molecular formula is C23H25Cl2N7O2. The molecule has 1 fully saturated rings. The van der Waals surface area contributed by atoms with Crippen LogP contribution in [0, 0.1) is 5.41 Å². The average Bonchev–Trinajstić information content (AvgIpc) is 2.86. The summed E-state index contributed by atoms with van der Waals surface area (Å²) in [4.78, 5) is 15.3. The number of rotatable bonds is 7. The Bertz CT molecular complexity index is 1150. The molecule has 178 valence electrons. The summed E-state index contributed by atoms with van der Waals surface area (Å²) >= 11 is 12.1. The highest BCUT2D eigenvalue weighted by Gasteiger charge is 2.21. The van der Waals surface area contributed by atoms with Crippen LogP contribution in [0.1, 0.15) is 24.1 Å². The number of nitrogens with two attached hydrogens (primary N) is 1. The van der Waals surface area contributed by atoms with Gasteiger partial charge in [-0.05, 0) is 30.5 Å². The highest BCUT2D eigenvalue weighted by atomic mass is 35.5. The summed E-state index contributed by atoms with van der Waals surface area (Å²) in [5.74, 6) is 1.90. The average molecular weight is 502 g/mol. The minimum absolute atomic E-state index is 0.0922. The normalized spacial score (nSPS) is 14.1. The lowest BCUT2D eigenvalue weighted by Crippen LogP contribution is -2.40. The Balaban J connectivity index is 1.59. The van der Waals surface area contributed by atoms with Crippen molar-refractivity contribution < 1.29 is 9.47 Å². The number of hydrogen-bond donors (Lipinski definition) is 3. The van der Waals surface area contributed by atoms with Gasteiger partial charge in [0.15, 0.2) is 22.4 Å². The van der Waals surface area contributed by atoms with Gasteiger partial charge in [-0.25, -0.2) is 15.0 Å². The summed E-state index contributed by atoms with van der Waals surface area (Å²) in [7, 11) is 1.63. The fourth-order valence-electron chi connectivity index (χ4n) is 3.52. The fourth-order valence-corrected chi connectivity index (χ4v) is 3.82. The maximum absolute atomic E-state index is 8.52. The molecule has 3 heterocycles. The van der Waals surface area contributed by atoms with Crippen LogP contribution in [0.5, 0.6) is 11.5 Å². The van der Waals surface area contributed by atoms with Crippen molar-refractivity contribution in [2.24, 2.45) is 5.73 Å². The molecule has 11 heteroatoms. The van der Waals surface area contributed by atoms with Gasteiger partial charge in [0.2, 0.25) is 5.90 Å². The molecule has 0 radical (unpaired) electrons. The summed E-state index contributed by atoms with van der Waals surface area (Å²) in [6.07, 6.45) is 4.87. The molecule has 3 aromatic rings. The quantitative estimate of drug-likeness (QED) is 0.251. The molecule has 1 saturated heterocycles. The number of hydrogen-bond acceptors (Lipinski definition) is 9. The molecule has 9 nitrogen and oxygen atoms in total. The number of nitrogens with one attached hydrogen (secondary N) is 2. The Morgan fingerprint density at radius 2 is 1.91 bits per heavy atom. The van der Waals surface area contributed by atoms with Crippen molar-refractivity contribution in [3.8, 4) is 11.5 Å². The number of anilines is 2. The SMILES string of the molecule is COc1ccc(CNc2nc(N3CCC(N)CC3)cnc2C(=N)Oc2ccnc(Cl)c2Cl)cc1. The zero-order valence-corrected chi connectivity index (χ0v) is 20.1. The van der Waals surface area contributed by atoms with Gasteiger partial charge in [-0.2, -0.15) is 0 Å². The van der Waals surface area contributed by atoms with E-state index >= 15 is 0 Å². The van der Waals surface area contributed by atoms with Gasteiger partial charge in [0.05, 0.1) is 13.3 Å². The molecule has 0 aliphatic carbocycles. The van der Waals surface area contributed by atoms with Crippen molar-refractivity contribution in [2.45, 2.75) is 25.4 Å². The molecule has 4 N–H and O–H groups in total. The van der Waals surface area contributed by atoms with E-state index in [-0.39, 0.29) is 33.6 Å². The molecule has 1 aliphatic heterocycles. The van der Waals surface area contributed by atoms with Crippen molar-refractivity contribution >= 4 is 40.7 Å². The minimum Gasteiger partial charge on any atom is -0.497 e. The summed E-state index contributed by atoms with van der Waals surface area (Å²) in [5.41, 5.74) is 7.30. The Labute approximate surface area is 207 Å². The van der Waals surface area contributed by atoms with E-state index in [2.05, 4.69) is 20.2 Å². The number of pyridine rings is 1. The lowest BCUT2D eigenvalue weighted by Gasteiger charge is -2.31. The topological polar surface area (TPSA) is 122 Å². The van der Waals surface area contributed by atoms with Crippen molar-refractivity contribution in [1.82, 2.24) is 15.0 Å². The molecule has 34 heavy (non-hydrogen) atoms. The monoisotopic (exact) mass is 501 g/mol. The smallest absolute Gasteiger partial charge is 0.241 e. The van der Waals surface area contributed by atoms with Gasteiger partial charge in [0.1, 0.15) is 16.6 Å². The molecule has 0 atom stereocenters. The first-order valence-corrected chi connectivity index (χ1v) is 11.5. The second-order valence-corrected chi connectivity index (χ2v) is 8.53. The molecule has 1 aliphatic rings. The van der Waals surface area contributed by atoms with Crippen molar-refractivity contribution in [1.29, 1.82) is 5.41 Å². The van der Waals surface area contributed by atoms with Gasteiger partial charge in [0, 0.05) is 37.9 Å². The van der Waals surface area contributed by atoms with E-state index in [4.69, 9.17) is 48.8 Å². The van der Waals surface area contributed by atoms with Crippen LogP contribution in [0.3, 0.4) is 0 Å². The zero-order valence-electron chi connectivity index (χ0n) is 18.6. The van der Waals surface area contributed by atoms with Crippen LogP contribution in [-0.4, -0.2) is 47.1 Å². The molecule has 0 amide bonds. The van der Waals surface area contributed by atoms with Gasteiger partial charge < -0.3 is 25.4 Å². The summed E-state index contributed by atoms with van der Waals surface area (Å²) < 4.78 is 10.9. The molecule has 4 rings (SSSR count). The largest absolute Gasteiger partial charge is 0.497 e. The van der Waals surface area contributed by atoms with E-state index in [9.17, 15) is 0 Å². The molecule has 2 aromatic heterocycles. The van der Waals surface area contributed by atoms with Crippen LogP contribution in [0.2, 0.25) is 10.2 Å². The maximum Gasteiger partial charge on any atom is 0.241 e. The number of methoxy groups -OCH3 is 1. The van der Waals surface area contributed by atoms with Crippen LogP contribution in [0.15, 0.2) is 42.7 Å². The van der Waals surface area contributed by atoms with Crippen molar-refractivity contribution in [2.75, 3.05) is 30.4 Å². The highest BCUT2D eigenvalue weighted by molar-refractivity contribution is 6.42. The molecule has 1 aromatic carbocycles. The molecule has 0 unspecified atom stereocenters. The third kappa shape index (κ3) is 5.67. The number of halogens is 2. The van der Waals surface area contributed by atoms with Gasteiger partial charge in [-0.15, -0.1) is 0 Å². The number of piperidine rings is 1. The van der Waals surface area contributed by atoms with E-state index in [1.807, 2.05) is 24.3 Å². The van der Waals surface area contributed by atoms with Crippen LogP contribution in [0.25, 0.3) is 0 Å². The van der Waals surface area contributed by atoms with Crippen molar-refractivity contribution in [3.05, 3.63) is 64.2 Å². The third-order valence-electron chi connectivity index (χ3n) is 5.48. The van der Waals surface area contributed by atoms with Gasteiger partial charge in [-0.1, -0.05) is 35.3 Å². The number of ether oxygens (including phenoxy) is 2. The standard InChI is InChI=1S/C23H25Cl2N7O2/c1-33-16-4-2-14(3-5-16)12-30-23-20(22(27)34-17-6-9-28-21(25)19(17)24)29-13-18(31-23)32-10-7-15(26)8-11-32/h2-6,9,13,15,27H,7-8,10-12,26H2,1H3,(H,30,31). The number of nitrogens with zero attached hydrogens (tertiary/aromatic N) is 4. The summed E-state index contributed by atoms with van der Waals surface area (Å²) in [6.45, 7) is 2.06. The lowest BCUT2D eigenvalue weighted by atomic mass is 10.1. The van der Waals surface area contributed by atoms with Crippen LogP contribution >= 0.6 is 23.2 Å². The fraction of sp³-hybridized carbons (Fsp3) is 0.304. The number of benzene rings is 1. The Morgan fingerprint density at radius 1 is 1.18 bits per heavy atom. The highest BCUT2D eigenvalue weighted by Crippen LogP contribution is 2.31. The van der Waals surface area contributed by atoms with E-state index in [1.54, 1.807) is 13.3 Å². The number of aromatic nitrogens is 3. The van der Waals surface area contributed by atoms with Crippen LogP contribution < -0.4 is 25.4 Å². The lowest BCUT2D eigenvalue weighted by molar-refractivity contribution is 0.414. The first-order chi connectivity index (χ1) is 16.4. The van der Waals surface area contributed by atoms with E-state index in [1.165, 1.54) is 12.3 Å². The second kappa shape index (κ2) is 10.9. The second-order valence-electron chi connectivity index (χ2n) is 7.80. The molecule has 0 bridgehead atoms. The predicted molar refractivity (Wildman–Crippen MR) is 133 cm³/mol. The minimum atomic E-state index is -0.221. The Hall–Kier alpha value is -3.14. The zero-order chi connectivity index (χ0) is 24.1. The van der Waals surface area contributed by atoms with E-state index in [0.29, 0.717) is 18.2 Å². The summed E-state index contributed by atoms with van der Waals surface area (Å²) in [6, 6.07) is 9.42. The van der Waals surface area contributed by atoms with Gasteiger partial charge in [0.25, 0.3) is 0 Å². The first kappa shape index (κ1) is 24.0.